The Kier molecular flexibility index (Phi) is 5.67. The van der Waals surface area contributed by atoms with Crippen LogP contribution in [0.5, 0.6) is 0 Å². The van der Waals surface area contributed by atoms with Crippen molar-refractivity contribution in [1.82, 2.24) is 14.8 Å². The number of hydrogen-bond donors (Lipinski definition) is 0. The van der Waals surface area contributed by atoms with Gasteiger partial charge in [0.25, 0.3) is 5.69 Å². The number of benzene rings is 3. The average Bonchev–Trinajstić information content (AvgIpc) is 3.16. The summed E-state index contributed by atoms with van der Waals surface area (Å²) in [6, 6.07) is 26.7. The normalized spacial score (nSPS) is 10.8. The smallest absolute Gasteiger partial charge is 0.270 e. The monoisotopic (exact) mass is 402 g/mol. The molecule has 7 heteroatoms. The zero-order valence-electron chi connectivity index (χ0n) is 15.5. The fourth-order valence-corrected chi connectivity index (χ4v) is 3.89. The third kappa shape index (κ3) is 4.52. The molecule has 6 nitrogen and oxygen atoms in total. The number of hydrogen-bond acceptors (Lipinski definition) is 5. The topological polar surface area (TPSA) is 73.8 Å². The van der Waals surface area contributed by atoms with Crippen molar-refractivity contribution in [2.75, 3.05) is 0 Å². The molecule has 0 aliphatic carbocycles. The average molecular weight is 402 g/mol. The van der Waals surface area contributed by atoms with Crippen LogP contribution in [-0.4, -0.2) is 19.7 Å². The van der Waals surface area contributed by atoms with Gasteiger partial charge in [0.15, 0.2) is 11.0 Å². The van der Waals surface area contributed by atoms with Crippen LogP contribution < -0.4 is 0 Å². The van der Waals surface area contributed by atoms with Gasteiger partial charge in [-0.25, -0.2) is 0 Å². The summed E-state index contributed by atoms with van der Waals surface area (Å²) in [4.78, 5) is 10.8. The van der Waals surface area contributed by atoms with Crippen molar-refractivity contribution in [2.45, 2.75) is 17.5 Å². The van der Waals surface area contributed by atoms with Crippen LogP contribution in [0.4, 0.5) is 5.69 Å². The zero-order chi connectivity index (χ0) is 20.1. The summed E-state index contributed by atoms with van der Waals surface area (Å²) in [5, 5.41) is 20.7. The predicted molar refractivity (Wildman–Crippen MR) is 114 cm³/mol. The maximum Gasteiger partial charge on any atom is 0.270 e. The number of aromatic nitrogens is 3. The first-order valence-electron chi connectivity index (χ1n) is 9.09. The highest BCUT2D eigenvalue weighted by atomic mass is 32.2. The van der Waals surface area contributed by atoms with Crippen LogP contribution in [0.2, 0.25) is 0 Å². The molecule has 0 bridgehead atoms. The van der Waals surface area contributed by atoms with E-state index in [1.54, 1.807) is 17.8 Å². The molecule has 0 spiro atoms. The summed E-state index contributed by atoms with van der Waals surface area (Å²) in [5.41, 5.74) is 3.02. The second-order valence-corrected chi connectivity index (χ2v) is 7.40. The van der Waals surface area contributed by atoms with E-state index >= 15 is 0 Å². The lowest BCUT2D eigenvalue weighted by atomic mass is 10.1. The largest absolute Gasteiger partial charge is 0.298 e. The van der Waals surface area contributed by atoms with E-state index in [2.05, 4.69) is 22.3 Å². The minimum atomic E-state index is -0.396. The van der Waals surface area contributed by atoms with Crippen molar-refractivity contribution in [3.8, 4) is 11.4 Å². The first-order valence-corrected chi connectivity index (χ1v) is 10.1. The van der Waals surface area contributed by atoms with Gasteiger partial charge in [-0.05, 0) is 11.1 Å². The molecule has 0 radical (unpaired) electrons. The third-order valence-corrected chi connectivity index (χ3v) is 5.46. The molecule has 0 aliphatic heterocycles. The highest BCUT2D eigenvalue weighted by Gasteiger charge is 2.17. The van der Waals surface area contributed by atoms with Crippen LogP contribution in [0, 0.1) is 10.1 Å². The van der Waals surface area contributed by atoms with Crippen LogP contribution in [0.1, 0.15) is 11.1 Å². The standard InChI is InChI=1S/C22H18N4O2S/c27-26(28)20-13-7-12-19(14-20)21-23-24-22(29-16-18-10-5-2-6-11-18)25(21)15-17-8-3-1-4-9-17/h1-14H,15-16H2. The minimum absolute atomic E-state index is 0.0373. The summed E-state index contributed by atoms with van der Waals surface area (Å²) in [6.07, 6.45) is 0. The number of nitrogens with zero attached hydrogens (tertiary/aromatic N) is 4. The van der Waals surface area contributed by atoms with E-state index in [1.807, 2.05) is 59.2 Å². The van der Waals surface area contributed by atoms with E-state index in [-0.39, 0.29) is 5.69 Å². The number of nitro groups is 1. The third-order valence-electron chi connectivity index (χ3n) is 4.43. The van der Waals surface area contributed by atoms with Gasteiger partial charge in [0, 0.05) is 23.4 Å². The van der Waals surface area contributed by atoms with Gasteiger partial charge in [-0.2, -0.15) is 0 Å². The first kappa shape index (κ1) is 18.9. The molecule has 29 heavy (non-hydrogen) atoms. The lowest BCUT2D eigenvalue weighted by Crippen LogP contribution is -2.04. The molecule has 0 aliphatic rings. The molecule has 0 N–H and O–H groups in total. The maximum atomic E-state index is 11.2. The first-order chi connectivity index (χ1) is 14.2. The van der Waals surface area contributed by atoms with E-state index in [4.69, 9.17) is 0 Å². The molecule has 1 heterocycles. The van der Waals surface area contributed by atoms with E-state index in [1.165, 1.54) is 17.7 Å². The Morgan fingerprint density at radius 1 is 0.862 bits per heavy atom. The predicted octanol–water partition coefficient (Wildman–Crippen LogP) is 5.19. The number of non-ortho nitro benzene ring substituents is 1. The maximum absolute atomic E-state index is 11.2. The van der Waals surface area contributed by atoms with Gasteiger partial charge in [0.1, 0.15) is 0 Å². The van der Waals surface area contributed by atoms with Crippen molar-refractivity contribution < 1.29 is 4.92 Å². The molecular weight excluding hydrogens is 384 g/mol. The number of thioether (sulfide) groups is 1. The van der Waals surface area contributed by atoms with Gasteiger partial charge < -0.3 is 0 Å². The van der Waals surface area contributed by atoms with Crippen LogP contribution in [-0.2, 0) is 12.3 Å². The molecule has 0 saturated carbocycles. The van der Waals surface area contributed by atoms with Crippen LogP contribution in [0.15, 0.2) is 90.1 Å². The SMILES string of the molecule is O=[N+]([O-])c1cccc(-c2nnc(SCc3ccccc3)n2Cc2ccccc2)c1. The Morgan fingerprint density at radius 2 is 1.55 bits per heavy atom. The second kappa shape index (κ2) is 8.70. The second-order valence-electron chi connectivity index (χ2n) is 6.46. The molecule has 144 valence electrons. The zero-order valence-corrected chi connectivity index (χ0v) is 16.3. The Hall–Kier alpha value is -3.45. The van der Waals surface area contributed by atoms with Gasteiger partial charge in [0.2, 0.25) is 0 Å². The molecule has 4 rings (SSSR count). The molecule has 3 aromatic carbocycles. The molecule has 0 unspecified atom stereocenters. The van der Waals surface area contributed by atoms with Crippen molar-refractivity contribution in [3.63, 3.8) is 0 Å². The van der Waals surface area contributed by atoms with E-state index in [9.17, 15) is 10.1 Å². The van der Waals surface area contributed by atoms with Crippen LogP contribution in [0.3, 0.4) is 0 Å². The van der Waals surface area contributed by atoms with Gasteiger partial charge in [-0.3, -0.25) is 14.7 Å². The summed E-state index contributed by atoms with van der Waals surface area (Å²) >= 11 is 1.60. The molecule has 0 atom stereocenters. The number of rotatable bonds is 7. The lowest BCUT2D eigenvalue weighted by Gasteiger charge is -2.10. The van der Waals surface area contributed by atoms with Crippen molar-refractivity contribution in [1.29, 1.82) is 0 Å². The fraction of sp³-hybridized carbons (Fsp3) is 0.0909. The van der Waals surface area contributed by atoms with Gasteiger partial charge in [-0.15, -0.1) is 10.2 Å². The fourth-order valence-electron chi connectivity index (χ4n) is 3.00. The molecule has 0 saturated heterocycles. The molecule has 0 fully saturated rings. The van der Waals surface area contributed by atoms with E-state index in [0.717, 1.165) is 16.5 Å². The summed E-state index contributed by atoms with van der Waals surface area (Å²) in [5.74, 6) is 1.39. The Morgan fingerprint density at radius 3 is 2.24 bits per heavy atom. The van der Waals surface area contributed by atoms with Crippen molar-refractivity contribution in [3.05, 3.63) is 106 Å². The van der Waals surface area contributed by atoms with Gasteiger partial charge in [0.05, 0.1) is 11.5 Å². The quantitative estimate of drug-likeness (QED) is 0.241. The van der Waals surface area contributed by atoms with Crippen LogP contribution >= 0.6 is 11.8 Å². The van der Waals surface area contributed by atoms with E-state index < -0.39 is 4.92 Å². The Labute approximate surface area is 172 Å². The summed E-state index contributed by atoms with van der Waals surface area (Å²) < 4.78 is 2.02. The minimum Gasteiger partial charge on any atom is -0.298 e. The molecule has 0 amide bonds. The van der Waals surface area contributed by atoms with Crippen molar-refractivity contribution >= 4 is 17.4 Å². The highest BCUT2D eigenvalue weighted by molar-refractivity contribution is 7.98. The number of nitro benzene ring substituents is 1. The van der Waals surface area contributed by atoms with Gasteiger partial charge >= 0.3 is 0 Å². The lowest BCUT2D eigenvalue weighted by molar-refractivity contribution is -0.384. The van der Waals surface area contributed by atoms with Crippen LogP contribution in [0.25, 0.3) is 11.4 Å². The molecular formula is C22H18N4O2S. The Bertz CT molecular complexity index is 1110. The Balaban J connectivity index is 1.70. The summed E-state index contributed by atoms with van der Waals surface area (Å²) in [6.45, 7) is 0.586. The summed E-state index contributed by atoms with van der Waals surface area (Å²) in [7, 11) is 0. The van der Waals surface area contributed by atoms with E-state index in [0.29, 0.717) is 17.9 Å². The van der Waals surface area contributed by atoms with Gasteiger partial charge in [-0.1, -0.05) is 84.6 Å². The van der Waals surface area contributed by atoms with Crippen molar-refractivity contribution in [2.24, 2.45) is 0 Å². The molecule has 4 aromatic rings. The molecule has 1 aromatic heterocycles. The highest BCUT2D eigenvalue weighted by Crippen LogP contribution is 2.29.